The molecule has 3 aliphatic rings. The number of carbonyl (C=O) groups is 1. The Kier molecular flexibility index (Phi) is 4.22. The maximum Gasteiger partial charge on any atom is 0.232 e. The first-order valence-corrected chi connectivity index (χ1v) is 11.3. The molecule has 0 amide bonds. The average Bonchev–Trinajstić information content (AvgIpc) is 3.23. The fraction of sp³-hybridized carbons (Fsp3) is 0.333. The number of aromatic nitrogens is 1. The Morgan fingerprint density at radius 3 is 2.93 bits per heavy atom. The van der Waals surface area contributed by atoms with E-state index in [2.05, 4.69) is 4.98 Å². The monoisotopic (exact) mass is 412 g/mol. The van der Waals surface area contributed by atoms with E-state index in [1.807, 2.05) is 24.0 Å². The number of Topliss-reactive ketones (excluding diaryl/α,β-unsaturated/α-hetero) is 1. The summed E-state index contributed by atoms with van der Waals surface area (Å²) in [6, 6.07) is 5.44. The Morgan fingerprint density at radius 1 is 1.34 bits per heavy atom. The van der Waals surface area contributed by atoms with Crippen LogP contribution in [0.2, 0.25) is 0 Å². The maximum atomic E-state index is 13.0. The van der Waals surface area contributed by atoms with Gasteiger partial charge >= 0.3 is 0 Å². The van der Waals surface area contributed by atoms with E-state index in [1.165, 1.54) is 0 Å². The molecule has 0 saturated carbocycles. The molecule has 1 aromatic heterocycles. The van der Waals surface area contributed by atoms with Crippen LogP contribution in [0.3, 0.4) is 0 Å². The third-order valence-electron chi connectivity index (χ3n) is 5.66. The van der Waals surface area contributed by atoms with Gasteiger partial charge in [-0.2, -0.15) is 0 Å². The fourth-order valence-electron chi connectivity index (χ4n) is 4.16. The number of pyridine rings is 1. The molecule has 7 nitrogen and oxygen atoms in total. The molecule has 0 spiro atoms. The first kappa shape index (κ1) is 18.3. The number of fused-ring (bicyclic) bond motifs is 3. The van der Waals surface area contributed by atoms with Crippen LogP contribution >= 0.6 is 0 Å². The van der Waals surface area contributed by atoms with Crippen LogP contribution in [0.25, 0.3) is 6.08 Å². The number of carbonyl (C=O) groups excluding carboxylic acids is 1. The predicted molar refractivity (Wildman–Crippen MR) is 106 cm³/mol. The highest BCUT2D eigenvalue weighted by Gasteiger charge is 2.39. The summed E-state index contributed by atoms with van der Waals surface area (Å²) in [6.45, 7) is 2.69. The number of sulfone groups is 1. The quantitative estimate of drug-likeness (QED) is 0.700. The molecule has 1 aromatic carbocycles. The zero-order valence-electron chi connectivity index (χ0n) is 15.9. The van der Waals surface area contributed by atoms with Crippen molar-refractivity contribution in [3.05, 3.63) is 58.6 Å². The van der Waals surface area contributed by atoms with Gasteiger partial charge in [0.1, 0.15) is 18.2 Å². The van der Waals surface area contributed by atoms with Crippen LogP contribution in [0.5, 0.6) is 11.5 Å². The predicted octanol–water partition coefficient (Wildman–Crippen LogP) is 2.35. The third kappa shape index (κ3) is 3.22. The number of ketones is 1. The summed E-state index contributed by atoms with van der Waals surface area (Å²) >= 11 is 0. The smallest absolute Gasteiger partial charge is 0.232 e. The zero-order chi connectivity index (χ0) is 20.2. The SMILES string of the molecule is Cc1cc2c(c3c1C(=O)/C(=C/c1cccnc1)O3)CN(C1CCS(=O)(=O)C1)CO2. The minimum absolute atomic E-state index is 0.0763. The topological polar surface area (TPSA) is 85.8 Å². The largest absolute Gasteiger partial charge is 0.478 e. The average molecular weight is 412 g/mol. The minimum atomic E-state index is -2.99. The molecule has 0 N–H and O–H groups in total. The summed E-state index contributed by atoms with van der Waals surface area (Å²) in [6.07, 6.45) is 5.62. The summed E-state index contributed by atoms with van der Waals surface area (Å²) < 4.78 is 35.7. The van der Waals surface area contributed by atoms with Gasteiger partial charge in [-0.15, -0.1) is 0 Å². The molecule has 2 aromatic rings. The van der Waals surface area contributed by atoms with Crippen LogP contribution in [0, 0.1) is 6.92 Å². The second-order valence-corrected chi connectivity index (χ2v) is 9.91. The summed E-state index contributed by atoms with van der Waals surface area (Å²) in [5.74, 6) is 1.65. The lowest BCUT2D eigenvalue weighted by Crippen LogP contribution is -2.41. The van der Waals surface area contributed by atoms with Crippen molar-refractivity contribution in [3.8, 4) is 11.5 Å². The lowest BCUT2D eigenvalue weighted by Gasteiger charge is -2.33. The molecule has 29 heavy (non-hydrogen) atoms. The molecule has 5 rings (SSSR count). The molecule has 3 aliphatic heterocycles. The molecular weight excluding hydrogens is 392 g/mol. The van der Waals surface area contributed by atoms with Crippen molar-refractivity contribution >= 4 is 21.7 Å². The van der Waals surface area contributed by atoms with Crippen LogP contribution in [-0.2, 0) is 16.4 Å². The molecule has 150 valence electrons. The molecule has 1 saturated heterocycles. The van der Waals surface area contributed by atoms with Gasteiger partial charge in [-0.25, -0.2) is 8.42 Å². The van der Waals surface area contributed by atoms with E-state index in [4.69, 9.17) is 9.47 Å². The first-order chi connectivity index (χ1) is 13.9. The van der Waals surface area contributed by atoms with Gasteiger partial charge in [-0.1, -0.05) is 6.07 Å². The Labute approximate surface area is 168 Å². The highest BCUT2D eigenvalue weighted by Crippen LogP contribution is 2.44. The van der Waals surface area contributed by atoms with E-state index in [9.17, 15) is 13.2 Å². The molecule has 0 aliphatic carbocycles. The van der Waals surface area contributed by atoms with Crippen molar-refractivity contribution < 1.29 is 22.7 Å². The summed E-state index contributed by atoms with van der Waals surface area (Å²) in [7, 11) is -2.99. The van der Waals surface area contributed by atoms with E-state index < -0.39 is 9.84 Å². The molecule has 0 radical (unpaired) electrons. The number of ether oxygens (including phenoxy) is 2. The minimum Gasteiger partial charge on any atom is -0.478 e. The summed E-state index contributed by atoms with van der Waals surface area (Å²) in [5, 5.41) is 0. The summed E-state index contributed by atoms with van der Waals surface area (Å²) in [4.78, 5) is 19.1. The maximum absolute atomic E-state index is 13.0. The highest BCUT2D eigenvalue weighted by atomic mass is 32.2. The molecule has 0 bridgehead atoms. The van der Waals surface area contributed by atoms with Crippen LogP contribution in [-0.4, -0.2) is 48.4 Å². The van der Waals surface area contributed by atoms with Gasteiger partial charge in [0.25, 0.3) is 0 Å². The van der Waals surface area contributed by atoms with Crippen LogP contribution in [0.4, 0.5) is 0 Å². The van der Waals surface area contributed by atoms with Gasteiger partial charge in [-0.05, 0) is 42.7 Å². The lowest BCUT2D eigenvalue weighted by molar-refractivity contribution is 0.0633. The van der Waals surface area contributed by atoms with E-state index in [-0.39, 0.29) is 29.1 Å². The fourth-order valence-corrected chi connectivity index (χ4v) is 5.92. The van der Waals surface area contributed by atoms with Crippen molar-refractivity contribution in [3.63, 3.8) is 0 Å². The van der Waals surface area contributed by atoms with Gasteiger partial charge in [0, 0.05) is 25.0 Å². The Bertz CT molecular complexity index is 1140. The second kappa shape index (κ2) is 6.67. The number of allylic oxidation sites excluding steroid dienone is 1. The van der Waals surface area contributed by atoms with Crippen LogP contribution in [0.1, 0.15) is 33.5 Å². The van der Waals surface area contributed by atoms with Gasteiger partial charge in [0.05, 0.1) is 22.6 Å². The van der Waals surface area contributed by atoms with Crippen LogP contribution < -0.4 is 9.47 Å². The first-order valence-electron chi connectivity index (χ1n) is 9.49. The van der Waals surface area contributed by atoms with Gasteiger partial charge < -0.3 is 9.47 Å². The number of nitrogens with zero attached hydrogens (tertiary/aromatic N) is 2. The molecule has 1 fully saturated rings. The number of hydrogen-bond donors (Lipinski definition) is 0. The van der Waals surface area contributed by atoms with Crippen molar-refractivity contribution in [2.24, 2.45) is 0 Å². The number of benzene rings is 1. The Morgan fingerprint density at radius 2 is 2.21 bits per heavy atom. The van der Waals surface area contributed by atoms with E-state index in [0.717, 1.165) is 16.7 Å². The molecular formula is C21H20N2O5S. The molecule has 4 heterocycles. The van der Waals surface area contributed by atoms with Crippen molar-refractivity contribution in [1.82, 2.24) is 9.88 Å². The third-order valence-corrected chi connectivity index (χ3v) is 7.41. The normalized spacial score (nSPS) is 24.1. The van der Waals surface area contributed by atoms with E-state index in [0.29, 0.717) is 36.8 Å². The number of aryl methyl sites for hydroxylation is 1. The molecule has 1 unspecified atom stereocenters. The van der Waals surface area contributed by atoms with Crippen molar-refractivity contribution in [2.45, 2.75) is 25.9 Å². The number of hydrogen-bond acceptors (Lipinski definition) is 7. The zero-order valence-corrected chi connectivity index (χ0v) is 16.7. The van der Waals surface area contributed by atoms with Gasteiger partial charge in [0.15, 0.2) is 15.6 Å². The molecule has 8 heteroatoms. The van der Waals surface area contributed by atoms with Gasteiger partial charge in [0.2, 0.25) is 5.78 Å². The Balaban J connectivity index is 1.50. The van der Waals surface area contributed by atoms with E-state index >= 15 is 0 Å². The lowest BCUT2D eigenvalue weighted by atomic mass is 9.98. The van der Waals surface area contributed by atoms with Crippen molar-refractivity contribution in [1.29, 1.82) is 0 Å². The highest BCUT2D eigenvalue weighted by molar-refractivity contribution is 7.91. The van der Waals surface area contributed by atoms with Crippen LogP contribution in [0.15, 0.2) is 36.4 Å². The van der Waals surface area contributed by atoms with E-state index in [1.54, 1.807) is 24.5 Å². The second-order valence-electron chi connectivity index (χ2n) is 7.68. The standard InChI is InChI=1S/C21H20N2O5S/c1-13-7-17-16(10-23(12-27-17)15-4-6-29(25,26)11-15)21-19(13)20(24)18(28-21)8-14-3-2-5-22-9-14/h2-3,5,7-9,15H,4,6,10-12H2,1H3/b18-8-. The van der Waals surface area contributed by atoms with Gasteiger partial charge in [-0.3, -0.25) is 14.7 Å². The summed E-state index contributed by atoms with van der Waals surface area (Å²) in [5.41, 5.74) is 2.92. The Hall–Kier alpha value is -2.71. The molecule has 1 atom stereocenters. The van der Waals surface area contributed by atoms with Crippen molar-refractivity contribution in [2.75, 3.05) is 18.2 Å². The number of rotatable bonds is 2.